The third-order valence-corrected chi connectivity index (χ3v) is 4.58. The van der Waals surface area contributed by atoms with Crippen molar-refractivity contribution in [3.63, 3.8) is 0 Å². The first-order valence-electron chi connectivity index (χ1n) is 8.20. The van der Waals surface area contributed by atoms with Gasteiger partial charge < -0.3 is 19.5 Å². The zero-order valence-electron chi connectivity index (χ0n) is 14.8. The first-order chi connectivity index (χ1) is 10.6. The molecule has 0 unspecified atom stereocenters. The molecule has 1 heterocycles. The largest absolute Gasteiger partial charge is 0.382 e. The molecular formula is C17H31IN4O. The van der Waals surface area contributed by atoms with E-state index in [9.17, 15) is 0 Å². The highest BCUT2D eigenvalue weighted by atomic mass is 127. The summed E-state index contributed by atoms with van der Waals surface area (Å²) in [5.41, 5.74) is 1.71. The van der Waals surface area contributed by atoms with Crippen molar-refractivity contribution in [3.8, 4) is 0 Å². The lowest BCUT2D eigenvalue weighted by Gasteiger charge is -2.25. The second-order valence-electron chi connectivity index (χ2n) is 6.31. The molecule has 0 atom stereocenters. The van der Waals surface area contributed by atoms with Crippen molar-refractivity contribution in [1.29, 1.82) is 0 Å². The number of aromatic nitrogens is 1. The summed E-state index contributed by atoms with van der Waals surface area (Å²) in [6.45, 7) is 5.58. The van der Waals surface area contributed by atoms with Gasteiger partial charge in [0.1, 0.15) is 0 Å². The summed E-state index contributed by atoms with van der Waals surface area (Å²) in [6.07, 6.45) is 5.82. The maximum absolute atomic E-state index is 5.50. The van der Waals surface area contributed by atoms with E-state index in [2.05, 4.69) is 59.1 Å². The first kappa shape index (κ1) is 20.3. The molecule has 0 saturated heterocycles. The number of nitrogens with one attached hydrogen (secondary N) is 1. The number of hydrogen-bond acceptors (Lipinski definition) is 2. The molecule has 0 spiro atoms. The van der Waals surface area contributed by atoms with Crippen molar-refractivity contribution in [2.24, 2.45) is 17.5 Å². The zero-order valence-corrected chi connectivity index (χ0v) is 17.2. The minimum atomic E-state index is 0. The van der Waals surface area contributed by atoms with E-state index < -0.39 is 0 Å². The third kappa shape index (κ3) is 5.99. The summed E-state index contributed by atoms with van der Waals surface area (Å²) in [4.78, 5) is 6.59. The lowest BCUT2D eigenvalue weighted by Crippen LogP contribution is -2.41. The standard InChI is InChI=1S/C17H30N4O.HI/c1-5-22-12-10-17(8-9-17)14-19-16(18-2)21(4)13-15-7-6-11-20(15)3;/h6-7,11H,5,8-10,12-14H2,1-4H3,(H,18,19);1H. The van der Waals surface area contributed by atoms with Crippen LogP contribution in [0.3, 0.4) is 0 Å². The fraction of sp³-hybridized carbons (Fsp3) is 0.706. The molecule has 1 aromatic rings. The summed E-state index contributed by atoms with van der Waals surface area (Å²) < 4.78 is 7.65. The number of rotatable bonds is 8. The third-order valence-electron chi connectivity index (χ3n) is 4.58. The van der Waals surface area contributed by atoms with E-state index in [1.54, 1.807) is 0 Å². The van der Waals surface area contributed by atoms with E-state index in [1.807, 2.05) is 7.05 Å². The van der Waals surface area contributed by atoms with Crippen LogP contribution in [0, 0.1) is 5.41 Å². The van der Waals surface area contributed by atoms with Gasteiger partial charge in [-0.3, -0.25) is 4.99 Å². The van der Waals surface area contributed by atoms with Crippen molar-refractivity contribution in [1.82, 2.24) is 14.8 Å². The number of aliphatic imine (C=N–C) groups is 1. The van der Waals surface area contributed by atoms with Gasteiger partial charge in [-0.15, -0.1) is 24.0 Å². The lowest BCUT2D eigenvalue weighted by atomic mass is 10.0. The van der Waals surface area contributed by atoms with E-state index in [-0.39, 0.29) is 24.0 Å². The fourth-order valence-electron chi connectivity index (χ4n) is 2.75. The Labute approximate surface area is 157 Å². The quantitative estimate of drug-likeness (QED) is 0.296. The smallest absolute Gasteiger partial charge is 0.193 e. The Morgan fingerprint density at radius 1 is 1.48 bits per heavy atom. The van der Waals surface area contributed by atoms with Crippen LogP contribution in [0.2, 0.25) is 0 Å². The van der Waals surface area contributed by atoms with Gasteiger partial charge in [0, 0.05) is 52.8 Å². The Hall–Kier alpha value is -0.760. The predicted octanol–water partition coefficient (Wildman–Crippen LogP) is 2.86. The molecule has 6 heteroatoms. The van der Waals surface area contributed by atoms with Crippen LogP contribution in [-0.4, -0.2) is 49.3 Å². The van der Waals surface area contributed by atoms with Crippen molar-refractivity contribution in [2.75, 3.05) is 33.9 Å². The second-order valence-corrected chi connectivity index (χ2v) is 6.31. The molecule has 0 bridgehead atoms. The molecule has 0 aromatic carbocycles. The molecule has 0 amide bonds. The number of halogens is 1. The molecule has 2 rings (SSSR count). The molecule has 1 fully saturated rings. The Bertz CT molecular complexity index is 497. The van der Waals surface area contributed by atoms with Gasteiger partial charge in [0.25, 0.3) is 0 Å². The van der Waals surface area contributed by atoms with E-state index >= 15 is 0 Å². The monoisotopic (exact) mass is 434 g/mol. The normalized spacial score (nSPS) is 15.9. The van der Waals surface area contributed by atoms with E-state index in [0.717, 1.165) is 38.7 Å². The van der Waals surface area contributed by atoms with Crippen molar-refractivity contribution >= 4 is 29.9 Å². The Balaban J connectivity index is 0.00000264. The van der Waals surface area contributed by atoms with Gasteiger partial charge in [0.15, 0.2) is 5.96 Å². The van der Waals surface area contributed by atoms with Gasteiger partial charge in [-0.2, -0.15) is 0 Å². The molecule has 1 aliphatic rings. The number of hydrogen-bond donors (Lipinski definition) is 1. The average molecular weight is 434 g/mol. The van der Waals surface area contributed by atoms with Gasteiger partial charge in [-0.1, -0.05) is 0 Å². The number of ether oxygens (including phenoxy) is 1. The van der Waals surface area contributed by atoms with Crippen LogP contribution in [0.4, 0.5) is 0 Å². The van der Waals surface area contributed by atoms with Gasteiger partial charge >= 0.3 is 0 Å². The minimum Gasteiger partial charge on any atom is -0.382 e. The van der Waals surface area contributed by atoms with Gasteiger partial charge in [0.05, 0.1) is 6.54 Å². The van der Waals surface area contributed by atoms with Crippen LogP contribution in [0.1, 0.15) is 31.9 Å². The highest BCUT2D eigenvalue weighted by Gasteiger charge is 2.42. The molecular weight excluding hydrogens is 403 g/mol. The topological polar surface area (TPSA) is 41.8 Å². The summed E-state index contributed by atoms with van der Waals surface area (Å²) in [5.74, 6) is 0.962. The summed E-state index contributed by atoms with van der Waals surface area (Å²) >= 11 is 0. The van der Waals surface area contributed by atoms with Gasteiger partial charge in [-0.25, -0.2) is 0 Å². The van der Waals surface area contributed by atoms with Crippen molar-refractivity contribution in [3.05, 3.63) is 24.0 Å². The van der Waals surface area contributed by atoms with E-state index in [4.69, 9.17) is 4.74 Å². The number of guanidine groups is 1. The molecule has 23 heavy (non-hydrogen) atoms. The highest BCUT2D eigenvalue weighted by molar-refractivity contribution is 14.0. The molecule has 5 nitrogen and oxygen atoms in total. The molecule has 1 N–H and O–H groups in total. The maximum atomic E-state index is 5.50. The first-order valence-corrected chi connectivity index (χ1v) is 8.20. The van der Waals surface area contributed by atoms with Crippen molar-refractivity contribution < 1.29 is 4.74 Å². The van der Waals surface area contributed by atoms with Crippen molar-refractivity contribution in [2.45, 2.75) is 32.7 Å². The fourth-order valence-corrected chi connectivity index (χ4v) is 2.75. The predicted molar refractivity (Wildman–Crippen MR) is 106 cm³/mol. The van der Waals surface area contributed by atoms with Crippen LogP contribution in [0.15, 0.2) is 23.3 Å². The Kier molecular flexibility index (Phi) is 8.39. The molecule has 1 aromatic heterocycles. The number of nitrogens with zero attached hydrogens (tertiary/aromatic N) is 3. The molecule has 1 aliphatic carbocycles. The van der Waals surface area contributed by atoms with Crippen LogP contribution in [-0.2, 0) is 18.3 Å². The number of aryl methyl sites for hydroxylation is 1. The lowest BCUT2D eigenvalue weighted by molar-refractivity contribution is 0.128. The highest BCUT2D eigenvalue weighted by Crippen LogP contribution is 2.48. The van der Waals surface area contributed by atoms with E-state index in [1.165, 1.54) is 18.5 Å². The van der Waals surface area contributed by atoms with Crippen LogP contribution < -0.4 is 5.32 Å². The molecule has 0 aliphatic heterocycles. The average Bonchev–Trinajstić information content (AvgIpc) is 3.16. The van der Waals surface area contributed by atoms with Crippen LogP contribution in [0.25, 0.3) is 0 Å². The van der Waals surface area contributed by atoms with Crippen LogP contribution in [0.5, 0.6) is 0 Å². The minimum absolute atomic E-state index is 0. The van der Waals surface area contributed by atoms with Crippen LogP contribution >= 0.6 is 24.0 Å². The summed E-state index contributed by atoms with van der Waals surface area (Å²) in [7, 11) is 6.01. The second kappa shape index (κ2) is 9.52. The zero-order chi connectivity index (χ0) is 16.0. The van der Waals surface area contributed by atoms with E-state index in [0.29, 0.717) is 5.41 Å². The Morgan fingerprint density at radius 3 is 2.74 bits per heavy atom. The summed E-state index contributed by atoms with van der Waals surface area (Å²) in [5, 5.41) is 3.54. The van der Waals surface area contributed by atoms with Gasteiger partial charge in [-0.05, 0) is 43.7 Å². The SMILES string of the molecule is CCOCCC1(CNC(=NC)N(C)Cc2cccn2C)CC1.I. The Morgan fingerprint density at radius 2 is 2.22 bits per heavy atom. The molecule has 1 saturated carbocycles. The molecule has 132 valence electrons. The summed E-state index contributed by atoms with van der Waals surface area (Å²) in [6, 6.07) is 4.22. The molecule has 0 radical (unpaired) electrons. The maximum Gasteiger partial charge on any atom is 0.193 e. The van der Waals surface area contributed by atoms with Gasteiger partial charge in [0.2, 0.25) is 0 Å².